The zero-order chi connectivity index (χ0) is 7.84. The molecule has 0 unspecified atom stereocenters. The molecule has 7 heteroatoms. The Kier molecular flexibility index (Phi) is 2.51. The molecular formula is C5H7N6Na. The second-order valence-electron chi connectivity index (χ2n) is 2.07. The number of nitrogens with two attached hydrogens (primary N) is 2. The van der Waals surface area contributed by atoms with Gasteiger partial charge in [0.05, 0.1) is 6.33 Å². The summed E-state index contributed by atoms with van der Waals surface area (Å²) in [5.41, 5.74) is 11.9. The van der Waals surface area contributed by atoms with E-state index in [0.29, 0.717) is 17.0 Å². The Morgan fingerprint density at radius 3 is 2.75 bits per heavy atom. The molecule has 0 aliphatic heterocycles. The molecule has 0 aliphatic carbocycles. The van der Waals surface area contributed by atoms with Gasteiger partial charge in [0.15, 0.2) is 11.5 Å². The van der Waals surface area contributed by atoms with Gasteiger partial charge in [-0.25, -0.2) is 4.98 Å². The third-order valence-electron chi connectivity index (χ3n) is 1.33. The number of nitrogen functional groups attached to an aromatic ring is 2. The Morgan fingerprint density at radius 2 is 2.00 bits per heavy atom. The Labute approximate surface area is 90.1 Å². The summed E-state index contributed by atoms with van der Waals surface area (Å²) in [5, 5.41) is 0. The minimum atomic E-state index is 0. The molecule has 2 aromatic heterocycles. The van der Waals surface area contributed by atoms with Crippen molar-refractivity contribution in [3.63, 3.8) is 0 Å². The van der Waals surface area contributed by atoms with Crippen molar-refractivity contribution in [2.45, 2.75) is 0 Å². The fourth-order valence-electron chi connectivity index (χ4n) is 0.873. The second-order valence-corrected chi connectivity index (χ2v) is 2.07. The van der Waals surface area contributed by atoms with Crippen molar-refractivity contribution in [1.82, 2.24) is 19.9 Å². The topological polar surface area (TPSA) is 106 Å². The molecule has 2 rings (SSSR count). The van der Waals surface area contributed by atoms with Crippen LogP contribution in [0.3, 0.4) is 0 Å². The van der Waals surface area contributed by atoms with E-state index in [1.165, 1.54) is 6.33 Å². The van der Waals surface area contributed by atoms with Gasteiger partial charge in [0.25, 0.3) is 0 Å². The van der Waals surface area contributed by atoms with Crippen LogP contribution >= 0.6 is 0 Å². The summed E-state index contributed by atoms with van der Waals surface area (Å²) in [5.74, 6) is 0.465. The van der Waals surface area contributed by atoms with Crippen LogP contribution in [-0.4, -0.2) is 49.5 Å². The zero-order valence-electron chi connectivity index (χ0n) is 5.57. The van der Waals surface area contributed by atoms with E-state index in [1.807, 2.05) is 0 Å². The van der Waals surface area contributed by atoms with Gasteiger partial charge in [0.1, 0.15) is 5.52 Å². The molecule has 6 nitrogen and oxygen atoms in total. The van der Waals surface area contributed by atoms with Crippen LogP contribution < -0.4 is 11.5 Å². The van der Waals surface area contributed by atoms with Gasteiger partial charge in [-0.3, -0.25) is 0 Å². The van der Waals surface area contributed by atoms with E-state index in [9.17, 15) is 0 Å². The van der Waals surface area contributed by atoms with Gasteiger partial charge < -0.3 is 16.5 Å². The van der Waals surface area contributed by atoms with Crippen molar-refractivity contribution in [2.75, 3.05) is 11.5 Å². The fraction of sp³-hybridized carbons (Fsp3) is 0. The minimum absolute atomic E-state index is 0. The molecule has 0 amide bonds. The standard InChI is InChI=1S/C5H6N6.Na.H/c6-3-2-4(9-1-8-2)11-5(7)10-3;;/h1H,(H5,6,7,8,9,10,11);;. The zero-order valence-corrected chi connectivity index (χ0v) is 5.57. The number of H-pyrrole nitrogens is 1. The first-order valence-corrected chi connectivity index (χ1v) is 2.99. The Balaban J connectivity index is 0.000000720. The number of aromatic amines is 1. The maximum absolute atomic E-state index is 5.50. The average molecular weight is 174 g/mol. The number of anilines is 2. The number of imidazole rings is 1. The number of aromatic nitrogens is 4. The number of nitrogens with zero attached hydrogens (tertiary/aromatic N) is 3. The first-order valence-electron chi connectivity index (χ1n) is 2.99. The molecule has 2 aromatic rings. The van der Waals surface area contributed by atoms with Gasteiger partial charge in [0, 0.05) is 0 Å². The van der Waals surface area contributed by atoms with Gasteiger partial charge in [0.2, 0.25) is 5.95 Å². The molecule has 0 bridgehead atoms. The molecule has 0 aromatic carbocycles. The average Bonchev–Trinajstić information content (AvgIpc) is 2.34. The first kappa shape index (κ1) is 9.24. The normalized spacial score (nSPS) is 9.67. The summed E-state index contributed by atoms with van der Waals surface area (Å²) >= 11 is 0. The van der Waals surface area contributed by atoms with E-state index in [1.54, 1.807) is 0 Å². The van der Waals surface area contributed by atoms with Gasteiger partial charge in [-0.15, -0.1) is 0 Å². The van der Waals surface area contributed by atoms with E-state index in [0.717, 1.165) is 0 Å². The van der Waals surface area contributed by atoms with Crippen LogP contribution in [0, 0.1) is 0 Å². The Morgan fingerprint density at radius 1 is 1.25 bits per heavy atom. The van der Waals surface area contributed by atoms with Crippen LogP contribution in [0.5, 0.6) is 0 Å². The molecule has 0 saturated carbocycles. The third-order valence-corrected chi connectivity index (χ3v) is 1.33. The molecule has 0 fully saturated rings. The Bertz CT molecular complexity index is 396. The van der Waals surface area contributed by atoms with E-state index >= 15 is 0 Å². The van der Waals surface area contributed by atoms with Gasteiger partial charge >= 0.3 is 29.6 Å². The van der Waals surface area contributed by atoms with Gasteiger partial charge in [-0.2, -0.15) is 9.97 Å². The monoisotopic (exact) mass is 174 g/mol. The molecule has 0 spiro atoms. The number of fused-ring (bicyclic) bond motifs is 1. The molecule has 5 N–H and O–H groups in total. The number of nitrogens with one attached hydrogen (secondary N) is 1. The Hall–Kier alpha value is -0.850. The fourth-order valence-corrected chi connectivity index (χ4v) is 0.873. The van der Waals surface area contributed by atoms with Crippen molar-refractivity contribution in [3.8, 4) is 0 Å². The molecular weight excluding hydrogens is 167 g/mol. The molecule has 12 heavy (non-hydrogen) atoms. The molecule has 0 radical (unpaired) electrons. The van der Waals surface area contributed by atoms with Crippen LogP contribution in [0.1, 0.15) is 0 Å². The van der Waals surface area contributed by atoms with Crippen molar-refractivity contribution < 1.29 is 0 Å². The second kappa shape index (κ2) is 3.26. The van der Waals surface area contributed by atoms with Crippen molar-refractivity contribution >= 4 is 52.5 Å². The molecule has 58 valence electrons. The van der Waals surface area contributed by atoms with Gasteiger partial charge in [-0.05, 0) is 0 Å². The maximum atomic E-state index is 5.50. The van der Waals surface area contributed by atoms with Crippen molar-refractivity contribution in [3.05, 3.63) is 6.33 Å². The molecule has 0 atom stereocenters. The van der Waals surface area contributed by atoms with Crippen LogP contribution in [-0.2, 0) is 0 Å². The molecule has 2 heterocycles. The number of hydrogen-bond acceptors (Lipinski definition) is 5. The van der Waals surface area contributed by atoms with Crippen LogP contribution in [0.15, 0.2) is 6.33 Å². The summed E-state index contributed by atoms with van der Waals surface area (Å²) in [6, 6.07) is 0. The van der Waals surface area contributed by atoms with E-state index in [-0.39, 0.29) is 35.5 Å². The summed E-state index contributed by atoms with van der Waals surface area (Å²) < 4.78 is 0. The van der Waals surface area contributed by atoms with E-state index in [4.69, 9.17) is 11.5 Å². The summed E-state index contributed by atoms with van der Waals surface area (Å²) in [6.07, 6.45) is 1.50. The predicted molar refractivity (Wildman–Crippen MR) is 47.7 cm³/mol. The third kappa shape index (κ3) is 1.36. The van der Waals surface area contributed by atoms with E-state index in [2.05, 4.69) is 19.9 Å². The van der Waals surface area contributed by atoms with Crippen molar-refractivity contribution in [2.24, 2.45) is 0 Å². The molecule has 0 saturated heterocycles. The SMILES string of the molecule is Nc1nc(N)c2[nH]cnc2n1.[NaH]. The first-order chi connectivity index (χ1) is 5.27. The summed E-state index contributed by atoms with van der Waals surface area (Å²) in [6.45, 7) is 0. The van der Waals surface area contributed by atoms with Crippen LogP contribution in [0.4, 0.5) is 11.8 Å². The predicted octanol–water partition coefficient (Wildman–Crippen LogP) is -1.13. The van der Waals surface area contributed by atoms with E-state index < -0.39 is 0 Å². The van der Waals surface area contributed by atoms with Crippen molar-refractivity contribution in [1.29, 1.82) is 0 Å². The van der Waals surface area contributed by atoms with Crippen LogP contribution in [0.2, 0.25) is 0 Å². The summed E-state index contributed by atoms with van der Waals surface area (Å²) in [4.78, 5) is 14.3. The quantitative estimate of drug-likeness (QED) is 0.438. The molecule has 0 aliphatic rings. The van der Waals surface area contributed by atoms with Crippen LogP contribution in [0.25, 0.3) is 11.2 Å². The number of rotatable bonds is 0. The number of hydrogen-bond donors (Lipinski definition) is 3. The summed E-state index contributed by atoms with van der Waals surface area (Å²) in [7, 11) is 0. The van der Waals surface area contributed by atoms with Gasteiger partial charge in [-0.1, -0.05) is 0 Å².